The lowest BCUT2D eigenvalue weighted by Crippen LogP contribution is -2.26. The van der Waals surface area contributed by atoms with Crippen molar-refractivity contribution in [1.82, 2.24) is 5.16 Å². The number of aryl methyl sites for hydroxylation is 2. The molecule has 29 heavy (non-hydrogen) atoms. The molecule has 1 unspecified atom stereocenters. The molecule has 146 valence electrons. The van der Waals surface area contributed by atoms with Crippen LogP contribution in [-0.2, 0) is 4.79 Å². The number of rotatable bonds is 3. The second-order valence-electron chi connectivity index (χ2n) is 7.30. The summed E-state index contributed by atoms with van der Waals surface area (Å²) in [7, 11) is 0. The van der Waals surface area contributed by atoms with E-state index in [1.54, 1.807) is 30.4 Å². The molecular formula is C22H20N4O2S. The summed E-state index contributed by atoms with van der Waals surface area (Å²) in [4.78, 5) is 19.3. The fourth-order valence-electron chi connectivity index (χ4n) is 3.63. The number of nitriles is 1. The largest absolute Gasteiger partial charge is 0.369 e. The van der Waals surface area contributed by atoms with Gasteiger partial charge in [-0.15, -0.1) is 11.3 Å². The molecule has 1 amide bonds. The van der Waals surface area contributed by atoms with Crippen LogP contribution in [0.5, 0.6) is 0 Å². The number of hydrogen-bond donors (Lipinski definition) is 1. The topological polar surface area (TPSA) is 105 Å². The van der Waals surface area contributed by atoms with Crippen LogP contribution in [-0.4, -0.2) is 16.8 Å². The third kappa shape index (κ3) is 2.97. The molecule has 1 aromatic carbocycles. The van der Waals surface area contributed by atoms with Gasteiger partial charge in [-0.3, -0.25) is 9.79 Å². The van der Waals surface area contributed by atoms with E-state index >= 15 is 0 Å². The zero-order valence-corrected chi connectivity index (χ0v) is 17.4. The maximum Gasteiger partial charge on any atom is 0.222 e. The second kappa shape index (κ2) is 6.98. The van der Waals surface area contributed by atoms with Crippen molar-refractivity contribution in [2.24, 2.45) is 16.6 Å². The number of primary amides is 1. The molecule has 0 bridgehead atoms. The summed E-state index contributed by atoms with van der Waals surface area (Å²) in [6, 6.07) is 8.88. The summed E-state index contributed by atoms with van der Waals surface area (Å²) in [5, 5.41) is 13.3. The van der Waals surface area contributed by atoms with Gasteiger partial charge in [-0.2, -0.15) is 5.26 Å². The van der Waals surface area contributed by atoms with Crippen molar-refractivity contribution < 1.29 is 9.32 Å². The van der Waals surface area contributed by atoms with Crippen LogP contribution in [0.15, 0.2) is 33.8 Å². The first-order valence-electron chi connectivity index (χ1n) is 9.28. The number of thiophene rings is 1. The van der Waals surface area contributed by atoms with Crippen LogP contribution < -0.4 is 5.73 Å². The average Bonchev–Trinajstić information content (AvgIpc) is 3.17. The molecule has 3 heterocycles. The molecule has 0 saturated heterocycles. The number of amides is 1. The van der Waals surface area contributed by atoms with E-state index < -0.39 is 17.9 Å². The van der Waals surface area contributed by atoms with Crippen LogP contribution in [0.25, 0.3) is 10.4 Å². The molecule has 3 aromatic rings. The minimum atomic E-state index is -0.575. The molecule has 0 spiro atoms. The molecule has 4 rings (SSSR count). The molecule has 7 heteroatoms. The highest BCUT2D eigenvalue weighted by Crippen LogP contribution is 2.47. The molecule has 2 aromatic heterocycles. The van der Waals surface area contributed by atoms with Gasteiger partial charge in [-0.25, -0.2) is 0 Å². The van der Waals surface area contributed by atoms with Crippen molar-refractivity contribution in [3.63, 3.8) is 0 Å². The fourth-order valence-corrected chi connectivity index (χ4v) is 4.90. The predicted octanol–water partition coefficient (Wildman–Crippen LogP) is 4.21. The van der Waals surface area contributed by atoms with Gasteiger partial charge in [0.15, 0.2) is 5.76 Å². The maximum atomic E-state index is 12.0. The number of hydrogen-bond acceptors (Lipinski definition) is 6. The van der Waals surface area contributed by atoms with Crippen LogP contribution in [0.4, 0.5) is 0 Å². The van der Waals surface area contributed by atoms with E-state index in [1.165, 1.54) is 4.88 Å². The maximum absolute atomic E-state index is 12.0. The Morgan fingerprint density at radius 3 is 2.55 bits per heavy atom. The van der Waals surface area contributed by atoms with Crippen LogP contribution >= 0.6 is 11.3 Å². The smallest absolute Gasteiger partial charge is 0.222 e. The van der Waals surface area contributed by atoms with Gasteiger partial charge in [0.05, 0.1) is 34.5 Å². The van der Waals surface area contributed by atoms with E-state index in [1.807, 2.05) is 19.1 Å². The summed E-state index contributed by atoms with van der Waals surface area (Å²) in [6.45, 7) is 7.81. The lowest BCUT2D eigenvalue weighted by molar-refractivity contribution is -0.122. The van der Waals surface area contributed by atoms with E-state index in [2.05, 4.69) is 25.1 Å². The molecular weight excluding hydrogens is 384 g/mol. The van der Waals surface area contributed by atoms with Crippen LogP contribution in [0.2, 0.25) is 0 Å². The van der Waals surface area contributed by atoms with E-state index in [0.717, 1.165) is 38.5 Å². The monoisotopic (exact) mass is 404 g/mol. The Balaban J connectivity index is 2.05. The Hall–Kier alpha value is -3.24. The minimum Gasteiger partial charge on any atom is -0.369 e. The first kappa shape index (κ1) is 19.1. The fraction of sp³-hybridized carbons (Fsp3) is 0.273. The third-order valence-electron chi connectivity index (χ3n) is 5.48. The van der Waals surface area contributed by atoms with Crippen molar-refractivity contribution in [2.45, 2.75) is 33.7 Å². The summed E-state index contributed by atoms with van der Waals surface area (Å²) in [5.41, 5.74) is 11.7. The zero-order valence-electron chi connectivity index (χ0n) is 16.6. The van der Waals surface area contributed by atoms with E-state index in [9.17, 15) is 4.79 Å². The van der Waals surface area contributed by atoms with Crippen LogP contribution in [0.1, 0.15) is 51.6 Å². The number of benzene rings is 1. The molecule has 2 N–H and O–H groups in total. The lowest BCUT2D eigenvalue weighted by Gasteiger charge is -2.16. The molecule has 6 nitrogen and oxygen atoms in total. The number of nitrogens with two attached hydrogens (primary N) is 1. The summed E-state index contributed by atoms with van der Waals surface area (Å²) in [6.07, 6.45) is 0. The molecule has 0 radical (unpaired) electrons. The number of fused-ring (bicyclic) bond motifs is 3. The Kier molecular flexibility index (Phi) is 4.59. The summed E-state index contributed by atoms with van der Waals surface area (Å²) < 4.78 is 5.68. The van der Waals surface area contributed by atoms with E-state index in [-0.39, 0.29) is 0 Å². The highest BCUT2D eigenvalue weighted by Gasteiger charge is 2.37. The van der Waals surface area contributed by atoms with Gasteiger partial charge >= 0.3 is 0 Å². The Bertz CT molecular complexity index is 1190. The first-order chi connectivity index (χ1) is 13.8. The molecule has 2 atom stereocenters. The van der Waals surface area contributed by atoms with Gasteiger partial charge in [-0.1, -0.05) is 24.2 Å². The number of aromatic nitrogens is 1. The highest BCUT2D eigenvalue weighted by molar-refractivity contribution is 7.16. The van der Waals surface area contributed by atoms with Gasteiger partial charge in [0.1, 0.15) is 6.04 Å². The summed E-state index contributed by atoms with van der Waals surface area (Å²) in [5.74, 6) is -0.444. The van der Waals surface area contributed by atoms with Gasteiger partial charge < -0.3 is 10.3 Å². The van der Waals surface area contributed by atoms with E-state index in [0.29, 0.717) is 11.3 Å². The molecule has 1 aliphatic rings. The molecule has 0 aliphatic carbocycles. The Morgan fingerprint density at radius 1 is 1.24 bits per heavy atom. The number of carbonyl (C=O) groups is 1. The average molecular weight is 404 g/mol. The quantitative estimate of drug-likeness (QED) is 0.705. The highest BCUT2D eigenvalue weighted by atomic mass is 32.1. The van der Waals surface area contributed by atoms with Crippen molar-refractivity contribution in [3.8, 4) is 16.5 Å². The molecule has 0 fully saturated rings. The zero-order chi connectivity index (χ0) is 20.9. The Morgan fingerprint density at radius 2 is 1.93 bits per heavy atom. The molecule has 0 saturated carbocycles. The number of carbonyl (C=O) groups excluding carboxylic acids is 1. The van der Waals surface area contributed by atoms with Gasteiger partial charge in [0.2, 0.25) is 5.91 Å². The Labute approximate surface area is 172 Å². The van der Waals surface area contributed by atoms with Crippen molar-refractivity contribution >= 4 is 23.0 Å². The van der Waals surface area contributed by atoms with Gasteiger partial charge in [0.25, 0.3) is 0 Å². The van der Waals surface area contributed by atoms with Gasteiger partial charge in [-0.05, 0) is 38.5 Å². The van der Waals surface area contributed by atoms with E-state index in [4.69, 9.17) is 20.5 Å². The lowest BCUT2D eigenvalue weighted by atomic mass is 9.95. The second-order valence-corrected chi connectivity index (χ2v) is 8.52. The van der Waals surface area contributed by atoms with Crippen molar-refractivity contribution in [2.75, 3.05) is 0 Å². The standard InChI is InChI=1S/C22H20N4O2S/c1-10-13(4)29-21-16(10)19(15-7-5-14(9-23)6-8-15)25-18(11(2)22(24)27)20-17(21)12(3)26-28-20/h5-8,11,18H,1-4H3,(H2,24,27)/t11-,18?/m1/s1. The normalized spacial score (nSPS) is 16.2. The minimum absolute atomic E-state index is 0.448. The third-order valence-corrected chi connectivity index (χ3v) is 6.71. The van der Waals surface area contributed by atoms with Crippen LogP contribution in [0, 0.1) is 38.0 Å². The summed E-state index contributed by atoms with van der Waals surface area (Å²) >= 11 is 1.67. The SMILES string of the molecule is Cc1noc2c1-c1sc(C)c(C)c1C(c1ccc(C#N)cc1)=NC2[C@@H](C)C(N)=O. The molecule has 1 aliphatic heterocycles. The van der Waals surface area contributed by atoms with Crippen molar-refractivity contribution in [3.05, 3.63) is 62.9 Å². The number of nitrogens with zero attached hydrogens (tertiary/aromatic N) is 3. The van der Waals surface area contributed by atoms with Crippen molar-refractivity contribution in [1.29, 1.82) is 5.26 Å². The predicted molar refractivity (Wildman–Crippen MR) is 112 cm³/mol. The van der Waals surface area contributed by atoms with Crippen LogP contribution in [0.3, 0.4) is 0 Å². The number of aliphatic imine (C=N–C) groups is 1. The first-order valence-corrected chi connectivity index (χ1v) is 10.1. The van der Waals surface area contributed by atoms with Gasteiger partial charge in [0, 0.05) is 20.9 Å².